The number of rotatable bonds is 2. The van der Waals surface area contributed by atoms with E-state index in [1.54, 1.807) is 24.3 Å². The van der Waals surface area contributed by atoms with Gasteiger partial charge in [-0.15, -0.1) is 11.3 Å². The van der Waals surface area contributed by atoms with E-state index >= 15 is 0 Å². The van der Waals surface area contributed by atoms with Gasteiger partial charge in [0.05, 0.1) is 11.3 Å². The molecular weight excluding hydrogens is 236 g/mol. The molecule has 0 amide bonds. The summed E-state index contributed by atoms with van der Waals surface area (Å²) in [6.07, 6.45) is 0. The molecule has 0 unspecified atom stereocenters. The number of carbonyl (C=O) groups excluding carboxylic acids is 1. The summed E-state index contributed by atoms with van der Waals surface area (Å²) in [5.74, 6) is -0.324. The predicted molar refractivity (Wildman–Crippen MR) is 68.6 cm³/mol. The zero-order valence-electron chi connectivity index (χ0n) is 10.5. The topological polar surface area (TPSA) is 55.0 Å². The molecule has 0 aliphatic carbocycles. The van der Waals surface area contributed by atoms with Gasteiger partial charge in [-0.1, -0.05) is 20.8 Å². The highest BCUT2D eigenvalue weighted by atomic mass is 32.1. The number of fused-ring (bicyclic) bond motifs is 1. The van der Waals surface area contributed by atoms with Crippen LogP contribution in [0, 0.1) is 0 Å². The third-order valence-electron chi connectivity index (χ3n) is 2.32. The van der Waals surface area contributed by atoms with E-state index in [0.29, 0.717) is 12.3 Å². The van der Waals surface area contributed by atoms with Gasteiger partial charge >= 0.3 is 5.97 Å². The quantitative estimate of drug-likeness (QED) is 0.835. The van der Waals surface area contributed by atoms with E-state index in [2.05, 4.69) is 30.7 Å². The Balaban J connectivity index is 2.35. The van der Waals surface area contributed by atoms with Crippen molar-refractivity contribution in [2.24, 2.45) is 0 Å². The number of H-pyrrole nitrogens is 1. The molecule has 0 saturated carbocycles. The lowest BCUT2D eigenvalue weighted by Gasteiger charge is -2.13. The Hall–Kier alpha value is -1.36. The first-order valence-electron chi connectivity index (χ1n) is 5.59. The zero-order valence-corrected chi connectivity index (χ0v) is 11.3. The average molecular weight is 252 g/mol. The second-order valence-corrected chi connectivity index (χ2v) is 5.92. The molecular formula is C12H16N2O2S. The van der Waals surface area contributed by atoms with E-state index in [0.717, 1.165) is 15.4 Å². The maximum absolute atomic E-state index is 11.5. The monoisotopic (exact) mass is 252 g/mol. The van der Waals surface area contributed by atoms with Crippen LogP contribution in [0.3, 0.4) is 0 Å². The largest absolute Gasteiger partial charge is 0.461 e. The molecule has 2 rings (SSSR count). The molecule has 0 bridgehead atoms. The minimum Gasteiger partial charge on any atom is -0.461 e. The average Bonchev–Trinajstić information content (AvgIpc) is 2.72. The number of ether oxygens (including phenoxy) is 1. The number of thiazole rings is 1. The lowest BCUT2D eigenvalue weighted by atomic mass is 9.98. The van der Waals surface area contributed by atoms with Crippen molar-refractivity contribution in [2.75, 3.05) is 6.61 Å². The maximum atomic E-state index is 11.5. The molecule has 0 fully saturated rings. The lowest BCUT2D eigenvalue weighted by molar-refractivity contribution is 0.0520. The minimum atomic E-state index is -0.324. The predicted octanol–water partition coefficient (Wildman–Crippen LogP) is 3.10. The molecule has 4 nitrogen and oxygen atoms in total. The summed E-state index contributed by atoms with van der Waals surface area (Å²) in [4.78, 5) is 19.0. The fourth-order valence-corrected chi connectivity index (χ4v) is 2.48. The van der Waals surface area contributed by atoms with Crippen LogP contribution in [-0.2, 0) is 10.2 Å². The van der Waals surface area contributed by atoms with Crippen LogP contribution in [0.5, 0.6) is 0 Å². The van der Waals surface area contributed by atoms with Gasteiger partial charge in [0.25, 0.3) is 0 Å². The van der Waals surface area contributed by atoms with Gasteiger partial charge in [0.2, 0.25) is 0 Å². The fourth-order valence-electron chi connectivity index (χ4n) is 1.45. The smallest absolute Gasteiger partial charge is 0.354 e. The number of aromatic amines is 1. The van der Waals surface area contributed by atoms with Crippen molar-refractivity contribution in [1.29, 1.82) is 0 Å². The van der Waals surface area contributed by atoms with Crippen LogP contribution in [0.4, 0.5) is 0 Å². The van der Waals surface area contributed by atoms with Gasteiger partial charge in [-0.3, -0.25) is 0 Å². The molecule has 2 aromatic rings. The summed E-state index contributed by atoms with van der Waals surface area (Å²) in [7, 11) is 0. The zero-order chi connectivity index (χ0) is 12.6. The van der Waals surface area contributed by atoms with Crippen molar-refractivity contribution < 1.29 is 9.53 Å². The summed E-state index contributed by atoms with van der Waals surface area (Å²) in [5, 5.41) is 1.06. The molecule has 5 heteroatoms. The van der Waals surface area contributed by atoms with Crippen molar-refractivity contribution in [2.45, 2.75) is 33.1 Å². The summed E-state index contributed by atoms with van der Waals surface area (Å²) in [5.41, 5.74) is 1.28. The maximum Gasteiger partial charge on any atom is 0.354 e. The number of hydrogen-bond acceptors (Lipinski definition) is 4. The van der Waals surface area contributed by atoms with E-state index in [9.17, 15) is 4.79 Å². The number of aromatic nitrogens is 2. The number of carbonyl (C=O) groups is 1. The van der Waals surface area contributed by atoms with E-state index in [-0.39, 0.29) is 11.4 Å². The molecule has 0 aliphatic rings. The SMILES string of the molecule is CCOC(=O)c1cc2sc(C(C)(C)C)nc2[nH]1. The highest BCUT2D eigenvalue weighted by molar-refractivity contribution is 7.18. The normalized spacial score (nSPS) is 12.0. The van der Waals surface area contributed by atoms with Crippen molar-refractivity contribution in [3.8, 4) is 0 Å². The number of hydrogen-bond donors (Lipinski definition) is 1. The number of nitrogens with zero attached hydrogens (tertiary/aromatic N) is 1. The molecule has 0 aliphatic heterocycles. The molecule has 17 heavy (non-hydrogen) atoms. The Kier molecular flexibility index (Phi) is 2.95. The summed E-state index contributed by atoms with van der Waals surface area (Å²) in [6.45, 7) is 8.54. The molecule has 0 radical (unpaired) electrons. The van der Waals surface area contributed by atoms with Crippen LogP contribution < -0.4 is 0 Å². The van der Waals surface area contributed by atoms with Crippen molar-refractivity contribution >= 4 is 27.7 Å². The molecule has 0 atom stereocenters. The summed E-state index contributed by atoms with van der Waals surface area (Å²) in [6, 6.07) is 1.81. The Morgan fingerprint density at radius 1 is 1.53 bits per heavy atom. The van der Waals surface area contributed by atoms with Crippen LogP contribution in [0.15, 0.2) is 6.07 Å². The number of nitrogens with one attached hydrogen (secondary N) is 1. The van der Waals surface area contributed by atoms with Gasteiger partial charge in [0.1, 0.15) is 16.3 Å². The molecule has 0 spiro atoms. The highest BCUT2D eigenvalue weighted by Gasteiger charge is 2.21. The van der Waals surface area contributed by atoms with Crippen LogP contribution >= 0.6 is 11.3 Å². The van der Waals surface area contributed by atoms with Crippen molar-refractivity contribution in [1.82, 2.24) is 9.97 Å². The third-order valence-corrected chi connectivity index (χ3v) is 3.75. The summed E-state index contributed by atoms with van der Waals surface area (Å²) < 4.78 is 5.93. The minimum absolute atomic E-state index is 0.0363. The van der Waals surface area contributed by atoms with Gasteiger partial charge in [-0.05, 0) is 13.0 Å². The molecule has 92 valence electrons. The second-order valence-electron chi connectivity index (χ2n) is 4.89. The first kappa shape index (κ1) is 12.1. The van der Waals surface area contributed by atoms with Gasteiger partial charge in [0, 0.05) is 5.41 Å². The Morgan fingerprint density at radius 2 is 2.24 bits per heavy atom. The highest BCUT2D eigenvalue weighted by Crippen LogP contribution is 2.31. The van der Waals surface area contributed by atoms with Crippen molar-refractivity contribution in [3.05, 3.63) is 16.8 Å². The van der Waals surface area contributed by atoms with Gasteiger partial charge in [-0.2, -0.15) is 0 Å². The van der Waals surface area contributed by atoms with Crippen LogP contribution in [0.1, 0.15) is 43.2 Å². The van der Waals surface area contributed by atoms with Gasteiger partial charge in [0.15, 0.2) is 0 Å². The second kappa shape index (κ2) is 4.14. The van der Waals surface area contributed by atoms with Crippen LogP contribution in [-0.4, -0.2) is 22.5 Å². The Morgan fingerprint density at radius 3 is 2.76 bits per heavy atom. The Labute approximate surface area is 104 Å². The van der Waals surface area contributed by atoms with E-state index in [1.165, 1.54) is 0 Å². The first-order valence-corrected chi connectivity index (χ1v) is 6.40. The molecule has 0 aromatic carbocycles. The van der Waals surface area contributed by atoms with Crippen LogP contribution in [0.2, 0.25) is 0 Å². The molecule has 2 aromatic heterocycles. The van der Waals surface area contributed by atoms with E-state index in [4.69, 9.17) is 4.74 Å². The van der Waals surface area contributed by atoms with Gasteiger partial charge < -0.3 is 9.72 Å². The fraction of sp³-hybridized carbons (Fsp3) is 0.500. The molecule has 1 N–H and O–H groups in total. The van der Waals surface area contributed by atoms with E-state index in [1.807, 2.05) is 0 Å². The third kappa shape index (κ3) is 2.34. The standard InChI is InChI=1S/C12H16N2O2S/c1-5-16-10(15)7-6-8-9(13-7)14-11(17-8)12(2,3)4/h6,13H,5H2,1-4H3. The Bertz CT molecular complexity index is 517. The van der Waals surface area contributed by atoms with Gasteiger partial charge in [-0.25, -0.2) is 9.78 Å². The summed E-state index contributed by atoms with van der Waals surface area (Å²) >= 11 is 1.61. The van der Waals surface area contributed by atoms with Crippen LogP contribution in [0.25, 0.3) is 10.3 Å². The first-order chi connectivity index (χ1) is 7.91. The van der Waals surface area contributed by atoms with Crippen molar-refractivity contribution in [3.63, 3.8) is 0 Å². The number of esters is 1. The molecule has 0 saturated heterocycles. The molecule has 2 heterocycles. The van der Waals surface area contributed by atoms with E-state index < -0.39 is 0 Å². The lowest BCUT2D eigenvalue weighted by Crippen LogP contribution is -2.10.